The highest BCUT2D eigenvalue weighted by atomic mass is 16.3. The van der Waals surface area contributed by atoms with Gasteiger partial charge in [0.15, 0.2) is 0 Å². The van der Waals surface area contributed by atoms with Crippen molar-refractivity contribution in [2.24, 2.45) is 0 Å². The standard InChI is InChI=1S/C10H22N2O3/c1-7(13)3-4-12-5-8(11-2)10(15)9(14)6-12/h7-11,13-15H,3-6H2,1-2H3/t7-,8+,9-,10-/m1/s1. The van der Waals surface area contributed by atoms with Gasteiger partial charge in [-0.3, -0.25) is 4.90 Å². The minimum Gasteiger partial charge on any atom is -0.393 e. The van der Waals surface area contributed by atoms with E-state index in [0.29, 0.717) is 19.5 Å². The number of likely N-dealkylation sites (N-methyl/N-ethyl adjacent to an activating group) is 1. The van der Waals surface area contributed by atoms with Crippen LogP contribution in [0.5, 0.6) is 0 Å². The Kier molecular flexibility index (Phi) is 4.95. The summed E-state index contributed by atoms with van der Waals surface area (Å²) >= 11 is 0. The van der Waals surface area contributed by atoms with E-state index in [-0.39, 0.29) is 12.1 Å². The third-order valence-electron chi connectivity index (χ3n) is 2.94. The average molecular weight is 218 g/mol. The molecular formula is C10H22N2O3. The van der Waals surface area contributed by atoms with Crippen LogP contribution in [0.3, 0.4) is 0 Å². The second kappa shape index (κ2) is 5.77. The lowest BCUT2D eigenvalue weighted by molar-refractivity contribution is -0.0585. The Balaban J connectivity index is 2.41. The van der Waals surface area contributed by atoms with Crippen LogP contribution >= 0.6 is 0 Å². The Bertz CT molecular complexity index is 190. The van der Waals surface area contributed by atoms with Crippen LogP contribution in [0.25, 0.3) is 0 Å². The number of hydrogen-bond acceptors (Lipinski definition) is 5. The molecule has 1 aliphatic rings. The normalized spacial score (nSPS) is 35.4. The molecule has 0 aromatic rings. The predicted octanol–water partition coefficient (Wildman–Crippen LogP) is -1.62. The van der Waals surface area contributed by atoms with E-state index in [1.165, 1.54) is 0 Å². The number of likely N-dealkylation sites (tertiary alicyclic amines) is 1. The number of nitrogens with one attached hydrogen (secondary N) is 1. The molecule has 0 saturated carbocycles. The second-order valence-corrected chi connectivity index (χ2v) is 4.35. The fourth-order valence-electron chi connectivity index (χ4n) is 1.92. The lowest BCUT2D eigenvalue weighted by Crippen LogP contribution is -2.59. The molecule has 5 heteroatoms. The molecule has 0 aromatic heterocycles. The predicted molar refractivity (Wildman–Crippen MR) is 57.6 cm³/mol. The van der Waals surface area contributed by atoms with Crippen molar-refractivity contribution < 1.29 is 15.3 Å². The van der Waals surface area contributed by atoms with Gasteiger partial charge >= 0.3 is 0 Å². The molecule has 4 N–H and O–H groups in total. The van der Waals surface area contributed by atoms with Gasteiger partial charge in [0, 0.05) is 25.7 Å². The van der Waals surface area contributed by atoms with Gasteiger partial charge in [0.2, 0.25) is 0 Å². The van der Waals surface area contributed by atoms with Crippen LogP contribution in [-0.4, -0.2) is 71.3 Å². The van der Waals surface area contributed by atoms with Crippen LogP contribution in [0.2, 0.25) is 0 Å². The molecule has 1 heterocycles. The van der Waals surface area contributed by atoms with E-state index in [0.717, 1.165) is 6.54 Å². The number of aliphatic hydroxyl groups is 3. The fourth-order valence-corrected chi connectivity index (χ4v) is 1.92. The summed E-state index contributed by atoms with van der Waals surface area (Å²) in [6, 6.07) is -0.0947. The number of nitrogens with zero attached hydrogens (tertiary/aromatic N) is 1. The molecule has 0 aliphatic carbocycles. The first-order valence-electron chi connectivity index (χ1n) is 5.48. The molecule has 0 unspecified atom stereocenters. The first-order chi connectivity index (χ1) is 7.04. The molecule has 15 heavy (non-hydrogen) atoms. The van der Waals surface area contributed by atoms with Crippen LogP contribution in [0.1, 0.15) is 13.3 Å². The van der Waals surface area contributed by atoms with Crippen molar-refractivity contribution in [3.63, 3.8) is 0 Å². The average Bonchev–Trinajstić information content (AvgIpc) is 2.19. The summed E-state index contributed by atoms with van der Waals surface area (Å²) in [6.07, 6.45) is -1.02. The van der Waals surface area contributed by atoms with Gasteiger partial charge in [-0.1, -0.05) is 0 Å². The Morgan fingerprint density at radius 2 is 2.07 bits per heavy atom. The molecule has 0 radical (unpaired) electrons. The molecule has 0 aromatic carbocycles. The lowest BCUT2D eigenvalue weighted by Gasteiger charge is -2.39. The van der Waals surface area contributed by atoms with E-state index >= 15 is 0 Å². The van der Waals surface area contributed by atoms with Crippen molar-refractivity contribution >= 4 is 0 Å². The molecule has 1 fully saturated rings. The zero-order valence-corrected chi connectivity index (χ0v) is 9.43. The maximum Gasteiger partial charge on any atom is 0.0976 e. The van der Waals surface area contributed by atoms with Gasteiger partial charge in [0.25, 0.3) is 0 Å². The monoisotopic (exact) mass is 218 g/mol. The molecule has 1 rings (SSSR count). The summed E-state index contributed by atoms with van der Waals surface area (Å²) in [5, 5.41) is 31.4. The topological polar surface area (TPSA) is 76.0 Å². The van der Waals surface area contributed by atoms with Gasteiger partial charge in [-0.15, -0.1) is 0 Å². The quantitative estimate of drug-likeness (QED) is 0.456. The Morgan fingerprint density at radius 3 is 2.60 bits per heavy atom. The Labute approximate surface area is 90.7 Å². The van der Waals surface area contributed by atoms with Crippen molar-refractivity contribution in [3.8, 4) is 0 Å². The van der Waals surface area contributed by atoms with Crippen molar-refractivity contribution in [1.82, 2.24) is 10.2 Å². The molecule has 1 saturated heterocycles. The fraction of sp³-hybridized carbons (Fsp3) is 1.00. The third kappa shape index (κ3) is 3.70. The zero-order valence-electron chi connectivity index (χ0n) is 9.43. The largest absolute Gasteiger partial charge is 0.393 e. The van der Waals surface area contributed by atoms with Crippen molar-refractivity contribution in [1.29, 1.82) is 0 Å². The van der Waals surface area contributed by atoms with Crippen LogP contribution in [0.4, 0.5) is 0 Å². The number of aliphatic hydroxyl groups excluding tert-OH is 3. The first kappa shape index (κ1) is 12.9. The number of hydrogen-bond donors (Lipinski definition) is 4. The maximum atomic E-state index is 9.64. The van der Waals surface area contributed by atoms with Gasteiger partial charge in [0.1, 0.15) is 0 Å². The third-order valence-corrected chi connectivity index (χ3v) is 2.94. The molecule has 0 bridgehead atoms. The molecule has 5 nitrogen and oxygen atoms in total. The van der Waals surface area contributed by atoms with E-state index in [9.17, 15) is 10.2 Å². The highest BCUT2D eigenvalue weighted by Crippen LogP contribution is 2.12. The summed E-state index contributed by atoms with van der Waals surface area (Å²) in [7, 11) is 1.78. The number of piperidine rings is 1. The minimum absolute atomic E-state index is 0.0947. The summed E-state index contributed by atoms with van der Waals surface area (Å²) in [5.41, 5.74) is 0. The highest BCUT2D eigenvalue weighted by molar-refractivity contribution is 4.90. The van der Waals surface area contributed by atoms with E-state index in [2.05, 4.69) is 10.2 Å². The van der Waals surface area contributed by atoms with Crippen molar-refractivity contribution in [3.05, 3.63) is 0 Å². The SMILES string of the molecule is CN[C@H]1CN(CC[C@@H](C)O)C[C@@H](O)[C@@H]1O. The highest BCUT2D eigenvalue weighted by Gasteiger charge is 2.33. The van der Waals surface area contributed by atoms with Gasteiger partial charge in [-0.05, 0) is 20.4 Å². The molecule has 1 aliphatic heterocycles. The van der Waals surface area contributed by atoms with E-state index < -0.39 is 12.2 Å². The van der Waals surface area contributed by atoms with Crippen molar-refractivity contribution in [2.75, 3.05) is 26.7 Å². The van der Waals surface area contributed by atoms with Crippen LogP contribution in [0, 0.1) is 0 Å². The Morgan fingerprint density at radius 1 is 1.40 bits per heavy atom. The van der Waals surface area contributed by atoms with Gasteiger partial charge in [0.05, 0.1) is 18.3 Å². The van der Waals surface area contributed by atoms with E-state index in [4.69, 9.17) is 5.11 Å². The van der Waals surface area contributed by atoms with Gasteiger partial charge in [-0.25, -0.2) is 0 Å². The summed E-state index contributed by atoms with van der Waals surface area (Å²) in [6.45, 7) is 3.69. The molecule has 0 spiro atoms. The van der Waals surface area contributed by atoms with Crippen LogP contribution < -0.4 is 5.32 Å². The summed E-state index contributed by atoms with van der Waals surface area (Å²) < 4.78 is 0. The summed E-state index contributed by atoms with van der Waals surface area (Å²) in [5.74, 6) is 0. The smallest absolute Gasteiger partial charge is 0.0976 e. The van der Waals surface area contributed by atoms with E-state index in [1.807, 2.05) is 0 Å². The lowest BCUT2D eigenvalue weighted by atomic mass is 9.99. The van der Waals surface area contributed by atoms with Crippen LogP contribution in [-0.2, 0) is 0 Å². The molecule has 4 atom stereocenters. The van der Waals surface area contributed by atoms with Gasteiger partial charge in [-0.2, -0.15) is 0 Å². The second-order valence-electron chi connectivity index (χ2n) is 4.35. The zero-order chi connectivity index (χ0) is 11.4. The molecule has 0 amide bonds. The van der Waals surface area contributed by atoms with E-state index in [1.54, 1.807) is 14.0 Å². The van der Waals surface area contributed by atoms with Gasteiger partial charge < -0.3 is 20.6 Å². The molecular weight excluding hydrogens is 196 g/mol. The first-order valence-corrected chi connectivity index (χ1v) is 5.48. The number of β-amino-alcohol motifs (C(OH)–C–C–N with tert-alkyl or cyclic N) is 1. The summed E-state index contributed by atoms with van der Waals surface area (Å²) in [4.78, 5) is 2.06. The minimum atomic E-state index is -0.704. The maximum absolute atomic E-state index is 9.64. The number of rotatable bonds is 4. The van der Waals surface area contributed by atoms with Crippen LogP contribution in [0.15, 0.2) is 0 Å². The molecule has 90 valence electrons. The Hall–Kier alpha value is -0.200. The van der Waals surface area contributed by atoms with Crippen molar-refractivity contribution in [2.45, 2.75) is 37.7 Å².